The molecule has 0 aromatic rings. The van der Waals surface area contributed by atoms with Gasteiger partial charge in [0.15, 0.2) is 0 Å². The van der Waals surface area contributed by atoms with Gasteiger partial charge in [-0.3, -0.25) is 4.90 Å². The maximum Gasteiger partial charge on any atom is 0.0637 e. The van der Waals surface area contributed by atoms with Crippen LogP contribution >= 0.6 is 0 Å². The Morgan fingerprint density at radius 1 is 1.35 bits per heavy atom. The van der Waals surface area contributed by atoms with Crippen LogP contribution < -0.4 is 5.32 Å². The Morgan fingerprint density at radius 2 is 2.06 bits per heavy atom. The van der Waals surface area contributed by atoms with Gasteiger partial charge in [-0.1, -0.05) is 0 Å². The first-order chi connectivity index (χ1) is 8.00. The smallest absolute Gasteiger partial charge is 0.0637 e. The summed E-state index contributed by atoms with van der Waals surface area (Å²) in [6.07, 6.45) is 5.25. The normalized spacial score (nSPS) is 28.6. The van der Waals surface area contributed by atoms with Gasteiger partial charge in [-0.2, -0.15) is 0 Å². The van der Waals surface area contributed by atoms with Crippen LogP contribution in [0.3, 0.4) is 0 Å². The summed E-state index contributed by atoms with van der Waals surface area (Å²) in [5.74, 6) is 0. The lowest BCUT2D eigenvalue weighted by Crippen LogP contribution is -2.42. The Kier molecular flexibility index (Phi) is 4.11. The van der Waals surface area contributed by atoms with E-state index in [4.69, 9.17) is 4.74 Å². The minimum atomic E-state index is -0.0127. The summed E-state index contributed by atoms with van der Waals surface area (Å²) in [7, 11) is 1.80. The number of hydrogen-bond acceptors (Lipinski definition) is 3. The second-order valence-corrected chi connectivity index (χ2v) is 6.45. The summed E-state index contributed by atoms with van der Waals surface area (Å²) >= 11 is 0. The van der Waals surface area contributed by atoms with Crippen LogP contribution in [-0.4, -0.2) is 48.8 Å². The molecule has 0 radical (unpaired) electrons. The molecule has 1 saturated heterocycles. The van der Waals surface area contributed by atoms with Gasteiger partial charge in [-0.05, 0) is 46.5 Å². The van der Waals surface area contributed by atoms with E-state index in [2.05, 4.69) is 31.0 Å². The predicted octanol–water partition coefficient (Wildman–Crippen LogP) is 2.02. The van der Waals surface area contributed by atoms with Gasteiger partial charge < -0.3 is 10.1 Å². The summed E-state index contributed by atoms with van der Waals surface area (Å²) in [4.78, 5) is 2.66. The van der Waals surface area contributed by atoms with Crippen molar-refractivity contribution in [2.24, 2.45) is 0 Å². The van der Waals surface area contributed by atoms with E-state index in [-0.39, 0.29) is 5.60 Å². The van der Waals surface area contributed by atoms with Crippen molar-refractivity contribution < 1.29 is 4.74 Å². The third-order valence-electron chi connectivity index (χ3n) is 4.15. The van der Waals surface area contributed by atoms with Gasteiger partial charge in [0, 0.05) is 38.3 Å². The van der Waals surface area contributed by atoms with Crippen LogP contribution in [0.15, 0.2) is 0 Å². The number of nitrogens with one attached hydrogen (secondary N) is 1. The molecule has 17 heavy (non-hydrogen) atoms. The van der Waals surface area contributed by atoms with Crippen molar-refractivity contribution in [1.29, 1.82) is 0 Å². The summed E-state index contributed by atoms with van der Waals surface area (Å²) < 4.78 is 5.49. The Morgan fingerprint density at radius 3 is 2.65 bits per heavy atom. The number of likely N-dealkylation sites (tertiary alicyclic amines) is 1. The molecule has 3 nitrogen and oxygen atoms in total. The highest BCUT2D eigenvalue weighted by Gasteiger charge is 2.34. The van der Waals surface area contributed by atoms with Crippen LogP contribution in [0.4, 0.5) is 0 Å². The maximum atomic E-state index is 5.49. The standard InChI is InChI=1S/C14H28N2O/c1-11(9-14(2,3)17-4)15-12-7-8-16(10-12)13-5-6-13/h11-13,15H,5-10H2,1-4H3. The summed E-state index contributed by atoms with van der Waals surface area (Å²) in [5, 5.41) is 3.76. The topological polar surface area (TPSA) is 24.5 Å². The quantitative estimate of drug-likeness (QED) is 0.769. The number of nitrogens with zero attached hydrogens (tertiary/aromatic N) is 1. The van der Waals surface area contributed by atoms with Crippen molar-refractivity contribution in [2.75, 3.05) is 20.2 Å². The van der Waals surface area contributed by atoms with E-state index in [1.165, 1.54) is 32.4 Å². The second kappa shape index (κ2) is 5.25. The average molecular weight is 240 g/mol. The fourth-order valence-corrected chi connectivity index (χ4v) is 2.98. The van der Waals surface area contributed by atoms with Crippen molar-refractivity contribution in [1.82, 2.24) is 10.2 Å². The molecule has 1 saturated carbocycles. The number of ether oxygens (including phenoxy) is 1. The molecule has 0 bridgehead atoms. The lowest BCUT2D eigenvalue weighted by molar-refractivity contribution is 0.00776. The van der Waals surface area contributed by atoms with Crippen molar-refractivity contribution >= 4 is 0 Å². The van der Waals surface area contributed by atoms with Crippen molar-refractivity contribution in [3.63, 3.8) is 0 Å². The average Bonchev–Trinajstić information content (AvgIpc) is 3.00. The van der Waals surface area contributed by atoms with Gasteiger partial charge in [0.1, 0.15) is 0 Å². The molecule has 1 N–H and O–H groups in total. The van der Waals surface area contributed by atoms with Gasteiger partial charge in [-0.25, -0.2) is 0 Å². The van der Waals surface area contributed by atoms with Crippen LogP contribution in [0.25, 0.3) is 0 Å². The molecule has 0 aromatic carbocycles. The van der Waals surface area contributed by atoms with Crippen LogP contribution in [0.1, 0.15) is 46.5 Å². The lowest BCUT2D eigenvalue weighted by atomic mass is 9.99. The van der Waals surface area contributed by atoms with Crippen molar-refractivity contribution in [3.05, 3.63) is 0 Å². The molecule has 2 unspecified atom stereocenters. The zero-order chi connectivity index (χ0) is 12.5. The van der Waals surface area contributed by atoms with Gasteiger partial charge in [0.05, 0.1) is 5.60 Å². The van der Waals surface area contributed by atoms with Crippen LogP contribution in [0, 0.1) is 0 Å². The third kappa shape index (κ3) is 3.94. The minimum Gasteiger partial charge on any atom is -0.379 e. The highest BCUT2D eigenvalue weighted by Crippen LogP contribution is 2.30. The highest BCUT2D eigenvalue weighted by molar-refractivity contribution is 4.92. The molecule has 2 atom stereocenters. The summed E-state index contributed by atoms with van der Waals surface area (Å²) in [5.41, 5.74) is -0.0127. The second-order valence-electron chi connectivity index (χ2n) is 6.45. The zero-order valence-electron chi connectivity index (χ0n) is 11.8. The molecule has 0 aromatic heterocycles. The largest absolute Gasteiger partial charge is 0.379 e. The number of rotatable bonds is 6. The molecule has 100 valence electrons. The van der Waals surface area contributed by atoms with E-state index in [1.807, 2.05) is 0 Å². The molecule has 2 fully saturated rings. The molecular formula is C14H28N2O. The fourth-order valence-electron chi connectivity index (χ4n) is 2.98. The molecular weight excluding hydrogens is 212 g/mol. The number of hydrogen-bond donors (Lipinski definition) is 1. The highest BCUT2D eigenvalue weighted by atomic mass is 16.5. The van der Waals surface area contributed by atoms with E-state index in [0.717, 1.165) is 12.5 Å². The Labute approximate surface area is 106 Å². The lowest BCUT2D eigenvalue weighted by Gasteiger charge is -2.29. The van der Waals surface area contributed by atoms with Crippen LogP contribution in [0.2, 0.25) is 0 Å². The molecule has 1 heterocycles. The van der Waals surface area contributed by atoms with E-state index in [1.54, 1.807) is 7.11 Å². The van der Waals surface area contributed by atoms with E-state index < -0.39 is 0 Å². The van der Waals surface area contributed by atoms with Crippen molar-refractivity contribution in [3.8, 4) is 0 Å². The zero-order valence-corrected chi connectivity index (χ0v) is 11.8. The van der Waals surface area contributed by atoms with Crippen LogP contribution in [0.5, 0.6) is 0 Å². The number of methoxy groups -OCH3 is 1. The molecule has 0 amide bonds. The van der Waals surface area contributed by atoms with E-state index in [9.17, 15) is 0 Å². The predicted molar refractivity (Wildman–Crippen MR) is 71.3 cm³/mol. The minimum absolute atomic E-state index is 0.0127. The first kappa shape index (κ1) is 13.3. The third-order valence-corrected chi connectivity index (χ3v) is 4.15. The first-order valence-electron chi connectivity index (χ1n) is 7.05. The van der Waals surface area contributed by atoms with Crippen LogP contribution in [-0.2, 0) is 4.74 Å². The monoisotopic (exact) mass is 240 g/mol. The molecule has 2 aliphatic rings. The van der Waals surface area contributed by atoms with Gasteiger partial charge in [0.25, 0.3) is 0 Å². The summed E-state index contributed by atoms with van der Waals surface area (Å²) in [6, 6.07) is 2.15. The van der Waals surface area contributed by atoms with Gasteiger partial charge in [-0.15, -0.1) is 0 Å². The molecule has 1 aliphatic heterocycles. The summed E-state index contributed by atoms with van der Waals surface area (Å²) in [6.45, 7) is 9.15. The SMILES string of the molecule is COC(C)(C)CC(C)NC1CCN(C2CC2)C1. The van der Waals surface area contributed by atoms with E-state index in [0.29, 0.717) is 12.1 Å². The Balaban J connectivity index is 1.70. The Bertz CT molecular complexity index is 251. The molecule has 0 spiro atoms. The van der Waals surface area contributed by atoms with Crippen molar-refractivity contribution in [2.45, 2.75) is 70.2 Å². The van der Waals surface area contributed by atoms with E-state index >= 15 is 0 Å². The maximum absolute atomic E-state index is 5.49. The van der Waals surface area contributed by atoms with Gasteiger partial charge in [0.2, 0.25) is 0 Å². The fraction of sp³-hybridized carbons (Fsp3) is 1.00. The molecule has 3 heteroatoms. The Hall–Kier alpha value is -0.120. The molecule has 1 aliphatic carbocycles. The first-order valence-corrected chi connectivity index (χ1v) is 7.05. The molecule has 2 rings (SSSR count). The van der Waals surface area contributed by atoms with Gasteiger partial charge >= 0.3 is 0 Å².